The monoisotopic (exact) mass is 853 g/mol. The Kier molecular flexibility index (Phi) is 17.0. The Balaban J connectivity index is 1.96. The average molecular weight is 854 g/mol. The summed E-state index contributed by atoms with van der Waals surface area (Å²) >= 11 is 0. The third kappa shape index (κ3) is 16.9. The van der Waals surface area contributed by atoms with E-state index in [4.69, 9.17) is 14.2 Å². The highest BCUT2D eigenvalue weighted by atomic mass is 32.2. The number of rotatable bonds is 18. The predicted octanol–water partition coefficient (Wildman–Crippen LogP) is 4.15. The lowest BCUT2D eigenvalue weighted by Crippen LogP contribution is -2.59. The lowest BCUT2D eigenvalue weighted by molar-refractivity contribution is -0.157. The lowest BCUT2D eigenvalue weighted by atomic mass is 9.99. The minimum absolute atomic E-state index is 0.0820. The zero-order valence-electron chi connectivity index (χ0n) is 36.0. The molecule has 2 aromatic carbocycles. The molecule has 3 rings (SSSR count). The van der Waals surface area contributed by atoms with E-state index in [9.17, 15) is 37.2 Å². The van der Waals surface area contributed by atoms with E-state index < -0.39 is 99.7 Å². The Morgan fingerprint density at radius 1 is 0.733 bits per heavy atom. The summed E-state index contributed by atoms with van der Waals surface area (Å²) in [4.78, 5) is 81.1. The Bertz CT molecular complexity index is 2130. The second-order valence-corrected chi connectivity index (χ2v) is 18.8. The summed E-state index contributed by atoms with van der Waals surface area (Å²) in [6.07, 6.45) is 1.82. The number of amides is 4. The molecule has 0 saturated heterocycles. The van der Waals surface area contributed by atoms with Gasteiger partial charge in [-0.2, -0.15) is 0 Å². The molecule has 60 heavy (non-hydrogen) atoms. The molecule has 4 N–H and O–H groups in total. The number of ether oxygens (including phenoxy) is 3. The number of benzene rings is 2. The highest BCUT2D eigenvalue weighted by Crippen LogP contribution is 2.22. The van der Waals surface area contributed by atoms with Crippen molar-refractivity contribution < 1.29 is 51.4 Å². The highest BCUT2D eigenvalue weighted by molar-refractivity contribution is 7.93. The van der Waals surface area contributed by atoms with Gasteiger partial charge in [-0.1, -0.05) is 68.5 Å². The van der Waals surface area contributed by atoms with Crippen LogP contribution in [0.3, 0.4) is 0 Å². The molecule has 0 saturated carbocycles. The maximum atomic E-state index is 14.4. The standard InChI is InChI=1S/C43H59N5O11S/c1-27(2)37(40(53)44-30(20-21-60(10,55)56)23-35(49)58-42(3,4)5)47-39(52)32(22-29-25-48(9)34-19-15-14-18-31(29)34)45-38(51)33(24-36(50)59-43(6,7)8)46-41(54)57-26-28-16-12-11-13-17-28/h11-21,25,27,30,32-33,37H,22-24,26H2,1-10H3,(H,44,53)(H,45,51)(H,46,54)(H,47,52)/b21-20+/t30-,32+,33+,37-/m1/s1. The van der Waals surface area contributed by atoms with Gasteiger partial charge in [0.1, 0.15) is 35.9 Å². The van der Waals surface area contributed by atoms with E-state index in [0.717, 1.165) is 28.6 Å². The van der Waals surface area contributed by atoms with E-state index in [1.165, 1.54) is 0 Å². The first-order valence-electron chi connectivity index (χ1n) is 19.5. The number of nitrogens with zero attached hydrogens (tertiary/aromatic N) is 1. The normalized spacial score (nSPS) is 14.1. The third-order valence-electron chi connectivity index (χ3n) is 8.59. The largest absolute Gasteiger partial charge is 0.460 e. The molecule has 3 aromatic rings. The molecule has 0 fully saturated rings. The second kappa shape index (κ2) is 21.0. The molecular formula is C43H59N5O11S. The molecule has 0 aliphatic heterocycles. The van der Waals surface area contributed by atoms with Crippen LogP contribution >= 0.6 is 0 Å². The van der Waals surface area contributed by atoms with Crippen molar-refractivity contribution in [3.8, 4) is 0 Å². The second-order valence-electron chi connectivity index (χ2n) is 16.9. The van der Waals surface area contributed by atoms with E-state index in [0.29, 0.717) is 11.1 Å². The molecule has 1 heterocycles. The van der Waals surface area contributed by atoms with Crippen molar-refractivity contribution in [2.45, 2.75) is 117 Å². The fourth-order valence-corrected chi connectivity index (χ4v) is 6.46. The smallest absolute Gasteiger partial charge is 0.408 e. The van der Waals surface area contributed by atoms with Crippen LogP contribution < -0.4 is 21.3 Å². The average Bonchev–Trinajstić information content (AvgIpc) is 3.44. The number of alkyl carbamates (subject to hydrolysis) is 1. The first-order chi connectivity index (χ1) is 27.8. The molecular weight excluding hydrogens is 795 g/mol. The maximum absolute atomic E-state index is 14.4. The molecule has 4 atom stereocenters. The number of aromatic nitrogens is 1. The molecule has 17 heteroatoms. The highest BCUT2D eigenvalue weighted by Gasteiger charge is 2.34. The summed E-state index contributed by atoms with van der Waals surface area (Å²) in [6, 6.07) is 10.9. The minimum atomic E-state index is -3.65. The zero-order valence-corrected chi connectivity index (χ0v) is 36.8. The molecule has 0 radical (unpaired) electrons. The van der Waals surface area contributed by atoms with Gasteiger partial charge in [0, 0.05) is 42.2 Å². The number of carbonyl (C=O) groups is 6. The first-order valence-corrected chi connectivity index (χ1v) is 21.5. The van der Waals surface area contributed by atoms with Gasteiger partial charge in [0.05, 0.1) is 18.9 Å². The maximum Gasteiger partial charge on any atom is 0.408 e. The van der Waals surface area contributed by atoms with E-state index in [1.807, 2.05) is 35.9 Å². The van der Waals surface area contributed by atoms with Crippen LogP contribution in [-0.4, -0.2) is 90.4 Å². The molecule has 0 spiro atoms. The fourth-order valence-electron chi connectivity index (χ4n) is 5.98. The molecule has 0 aliphatic rings. The van der Waals surface area contributed by atoms with Gasteiger partial charge < -0.3 is 40.0 Å². The molecule has 328 valence electrons. The van der Waals surface area contributed by atoms with Crippen LogP contribution in [0.1, 0.15) is 79.4 Å². The van der Waals surface area contributed by atoms with Gasteiger partial charge in [0.25, 0.3) is 0 Å². The van der Waals surface area contributed by atoms with Crippen LogP contribution in [0.15, 0.2) is 72.3 Å². The summed E-state index contributed by atoms with van der Waals surface area (Å²) in [5.41, 5.74) is 0.428. The fraction of sp³-hybridized carbons (Fsp3) is 0.488. The summed E-state index contributed by atoms with van der Waals surface area (Å²) in [5.74, 6) is -4.50. The van der Waals surface area contributed by atoms with Crippen molar-refractivity contribution in [3.05, 3.63) is 83.4 Å². The van der Waals surface area contributed by atoms with Crippen LogP contribution in [0.2, 0.25) is 0 Å². The molecule has 16 nitrogen and oxygen atoms in total. The van der Waals surface area contributed by atoms with E-state index in [1.54, 1.807) is 91.9 Å². The van der Waals surface area contributed by atoms with Crippen LogP contribution in [0.4, 0.5) is 4.79 Å². The number of sulfone groups is 1. The van der Waals surface area contributed by atoms with Crippen LogP contribution in [0.5, 0.6) is 0 Å². The Morgan fingerprint density at radius 3 is 1.88 bits per heavy atom. The number of hydrogen-bond acceptors (Lipinski definition) is 11. The van der Waals surface area contributed by atoms with Crippen molar-refractivity contribution in [2.24, 2.45) is 13.0 Å². The van der Waals surface area contributed by atoms with E-state index >= 15 is 0 Å². The summed E-state index contributed by atoms with van der Waals surface area (Å²) in [7, 11) is -1.83. The van der Waals surface area contributed by atoms with Crippen molar-refractivity contribution in [1.82, 2.24) is 25.8 Å². The Labute approximate surface area is 352 Å². The quantitative estimate of drug-likeness (QED) is 0.105. The Morgan fingerprint density at radius 2 is 1.30 bits per heavy atom. The first kappa shape index (κ1) is 48.7. The molecule has 0 aliphatic carbocycles. The number of aryl methyl sites for hydroxylation is 1. The summed E-state index contributed by atoms with van der Waals surface area (Å²) in [5, 5.41) is 12.1. The summed E-state index contributed by atoms with van der Waals surface area (Å²) < 4.78 is 42.0. The molecule has 0 bridgehead atoms. The molecule has 0 unspecified atom stereocenters. The van der Waals surface area contributed by atoms with Gasteiger partial charge in [-0.3, -0.25) is 24.0 Å². The Hall–Kier alpha value is -5.71. The summed E-state index contributed by atoms with van der Waals surface area (Å²) in [6.45, 7) is 13.1. The van der Waals surface area contributed by atoms with Gasteiger partial charge in [0.2, 0.25) is 17.7 Å². The van der Waals surface area contributed by atoms with Gasteiger partial charge in [-0.05, 0) is 64.7 Å². The van der Waals surface area contributed by atoms with Crippen molar-refractivity contribution in [3.63, 3.8) is 0 Å². The molecule has 4 amide bonds. The predicted molar refractivity (Wildman–Crippen MR) is 226 cm³/mol. The number of nitrogens with one attached hydrogen (secondary N) is 4. The van der Waals surface area contributed by atoms with Crippen molar-refractivity contribution in [1.29, 1.82) is 0 Å². The topological polar surface area (TPSA) is 217 Å². The van der Waals surface area contributed by atoms with E-state index in [-0.39, 0.29) is 13.0 Å². The van der Waals surface area contributed by atoms with Crippen LogP contribution in [-0.2, 0) is 68.1 Å². The van der Waals surface area contributed by atoms with Gasteiger partial charge in [-0.15, -0.1) is 0 Å². The third-order valence-corrected chi connectivity index (χ3v) is 9.24. The minimum Gasteiger partial charge on any atom is -0.460 e. The van der Waals surface area contributed by atoms with Crippen molar-refractivity contribution in [2.75, 3.05) is 6.26 Å². The lowest BCUT2D eigenvalue weighted by Gasteiger charge is -2.28. The van der Waals surface area contributed by atoms with E-state index in [2.05, 4.69) is 21.3 Å². The van der Waals surface area contributed by atoms with Crippen molar-refractivity contribution >= 4 is 56.5 Å². The number of fused-ring (bicyclic) bond motifs is 1. The van der Waals surface area contributed by atoms with Gasteiger partial charge >= 0.3 is 18.0 Å². The van der Waals surface area contributed by atoms with Gasteiger partial charge in [-0.25, -0.2) is 13.2 Å². The number of esters is 2. The SMILES string of the molecule is CC(C)[C@@H](NC(=O)[C@H](Cc1cn(C)c2ccccc12)NC(=O)[C@H](CC(=O)OC(C)(C)C)NC(=O)OCc1ccccc1)C(=O)N[C@H](/C=C/S(C)(=O)=O)CC(=O)OC(C)(C)C. The zero-order chi connectivity index (χ0) is 45.0. The van der Waals surface area contributed by atoms with Crippen LogP contribution in [0, 0.1) is 5.92 Å². The van der Waals surface area contributed by atoms with Gasteiger partial charge in [0.15, 0.2) is 9.84 Å². The van der Waals surface area contributed by atoms with Crippen LogP contribution in [0.25, 0.3) is 10.9 Å². The number of para-hydroxylation sites is 1. The number of carbonyl (C=O) groups excluding carboxylic acids is 6. The number of hydrogen-bond donors (Lipinski definition) is 4. The molecule has 1 aromatic heterocycles.